The molecular weight excluding hydrogens is 617 g/mol. The number of aromatic nitrogens is 2. The third-order valence-electron chi connectivity index (χ3n) is 11.3. The number of hydrogen-bond donors (Lipinski definition) is 2. The summed E-state index contributed by atoms with van der Waals surface area (Å²) in [6.45, 7) is 5.26. The first kappa shape index (κ1) is 29.9. The van der Waals surface area contributed by atoms with Crippen LogP contribution in [0.25, 0.3) is 32.8 Å². The van der Waals surface area contributed by atoms with Gasteiger partial charge in [0.05, 0.1) is 23.8 Å². The summed E-state index contributed by atoms with van der Waals surface area (Å²) >= 11 is 6.95. The van der Waals surface area contributed by atoms with Crippen LogP contribution >= 0.6 is 11.6 Å². The van der Waals surface area contributed by atoms with Crippen molar-refractivity contribution >= 4 is 39.1 Å². The van der Waals surface area contributed by atoms with E-state index in [1.54, 1.807) is 18.2 Å². The van der Waals surface area contributed by atoms with Crippen LogP contribution in [0.1, 0.15) is 51.9 Å². The van der Waals surface area contributed by atoms with Gasteiger partial charge in [0, 0.05) is 60.7 Å². The molecule has 47 heavy (non-hydrogen) atoms. The van der Waals surface area contributed by atoms with Gasteiger partial charge in [-0.3, -0.25) is 4.90 Å². The molecule has 4 aromatic rings. The molecule has 8 heterocycles. The van der Waals surface area contributed by atoms with Crippen LogP contribution in [0.2, 0.25) is 5.02 Å². The monoisotopic (exact) mass is 657 g/mol. The van der Waals surface area contributed by atoms with Crippen molar-refractivity contribution in [1.82, 2.24) is 20.2 Å². The Bertz CT molecular complexity index is 1820. The van der Waals surface area contributed by atoms with E-state index >= 15 is 4.39 Å². The van der Waals surface area contributed by atoms with E-state index in [4.69, 9.17) is 31.0 Å². The third kappa shape index (κ3) is 5.30. The first-order valence-electron chi connectivity index (χ1n) is 17.3. The standard InChI is InChI=1S/C37H41ClFN5O3/c1-20(17-43-24-10-27-12-25(43)13-28(11-24)47-27)19-46-37-41-35-31(36(42-37)44-18-22-6-4-7-23(44)16-40-22)15-32(38)33(34(35)39)30-14-26(45)9-21-5-2-3-8-29(21)30/h2-3,5,8-9,14-15,20,22-25,27-28,40,45H,4,6-7,10-13,16-19H2,1H3/t20-,22?,23?,24?,25?,27?,28?/m1/s1. The highest BCUT2D eigenvalue weighted by Gasteiger charge is 2.47. The van der Waals surface area contributed by atoms with E-state index in [1.807, 2.05) is 24.3 Å². The number of piperidine rings is 2. The van der Waals surface area contributed by atoms with Crippen molar-refractivity contribution < 1.29 is 19.0 Å². The number of anilines is 1. The molecule has 0 spiro atoms. The number of halogens is 2. The van der Waals surface area contributed by atoms with Crippen LogP contribution in [-0.2, 0) is 4.74 Å². The fourth-order valence-electron chi connectivity index (χ4n) is 9.23. The van der Waals surface area contributed by atoms with Crippen LogP contribution in [0.4, 0.5) is 10.2 Å². The van der Waals surface area contributed by atoms with E-state index in [0.29, 0.717) is 53.7 Å². The van der Waals surface area contributed by atoms with Gasteiger partial charge in [-0.2, -0.15) is 9.97 Å². The Morgan fingerprint density at radius 2 is 1.83 bits per heavy atom. The average molecular weight is 658 g/mol. The number of ether oxygens (including phenoxy) is 2. The van der Waals surface area contributed by atoms with Gasteiger partial charge in [-0.05, 0) is 79.5 Å². The highest BCUT2D eigenvalue weighted by molar-refractivity contribution is 6.35. The molecule has 11 rings (SSSR count). The van der Waals surface area contributed by atoms with Crippen molar-refractivity contribution in [2.24, 2.45) is 5.92 Å². The number of nitrogens with one attached hydrogen (secondary N) is 1. The van der Waals surface area contributed by atoms with Crippen LogP contribution in [0.3, 0.4) is 0 Å². The second-order valence-electron chi connectivity index (χ2n) is 14.6. The zero-order valence-corrected chi connectivity index (χ0v) is 27.4. The van der Waals surface area contributed by atoms with Gasteiger partial charge in [-0.1, -0.05) is 42.8 Å². The topological polar surface area (TPSA) is 83.0 Å². The van der Waals surface area contributed by atoms with Crippen LogP contribution in [-0.4, -0.2) is 82.6 Å². The SMILES string of the molecule is C[C@@H](COc1nc(N2CC3CCCC2CN3)c2cc(Cl)c(-c3cc(O)cc4ccccc34)c(F)c2n1)CN1C2CC3CC1CC(C2)O3. The minimum atomic E-state index is -0.537. The largest absolute Gasteiger partial charge is 0.508 e. The molecule has 3 aromatic carbocycles. The summed E-state index contributed by atoms with van der Waals surface area (Å²) in [5, 5.41) is 16.7. The van der Waals surface area contributed by atoms with Gasteiger partial charge in [0.1, 0.15) is 17.1 Å². The summed E-state index contributed by atoms with van der Waals surface area (Å²) in [5.41, 5.74) is 0.921. The Hall–Kier alpha value is -3.24. The second-order valence-corrected chi connectivity index (χ2v) is 15.0. The molecule has 2 N–H and O–H groups in total. The van der Waals surface area contributed by atoms with E-state index in [2.05, 4.69) is 22.0 Å². The van der Waals surface area contributed by atoms with Gasteiger partial charge in [0.2, 0.25) is 0 Å². The zero-order chi connectivity index (χ0) is 31.8. The van der Waals surface area contributed by atoms with Gasteiger partial charge in [0.15, 0.2) is 5.82 Å². The minimum absolute atomic E-state index is 0.0474. The molecule has 0 saturated carbocycles. The molecule has 0 aliphatic carbocycles. The lowest BCUT2D eigenvalue weighted by Gasteiger charge is -2.56. The van der Waals surface area contributed by atoms with Crippen molar-refractivity contribution in [1.29, 1.82) is 0 Å². The van der Waals surface area contributed by atoms with Crippen molar-refractivity contribution in [2.45, 2.75) is 88.2 Å². The Kier molecular flexibility index (Phi) is 7.45. The van der Waals surface area contributed by atoms with E-state index in [0.717, 1.165) is 75.4 Å². The molecular formula is C37H41ClFN5O3. The van der Waals surface area contributed by atoms with Gasteiger partial charge < -0.3 is 24.8 Å². The van der Waals surface area contributed by atoms with Crippen LogP contribution in [0, 0.1) is 11.7 Å². The zero-order valence-electron chi connectivity index (χ0n) is 26.7. The van der Waals surface area contributed by atoms with E-state index in [9.17, 15) is 5.11 Å². The molecule has 2 unspecified atom stereocenters. The maximum atomic E-state index is 17.0. The predicted molar refractivity (Wildman–Crippen MR) is 182 cm³/mol. The molecule has 0 radical (unpaired) electrons. The Morgan fingerprint density at radius 3 is 2.64 bits per heavy atom. The number of benzene rings is 3. The number of phenols is 1. The first-order valence-corrected chi connectivity index (χ1v) is 17.7. The number of aromatic hydroxyl groups is 1. The van der Waals surface area contributed by atoms with Gasteiger partial charge in [-0.25, -0.2) is 4.39 Å². The molecule has 8 nitrogen and oxygen atoms in total. The summed E-state index contributed by atoms with van der Waals surface area (Å²) in [5.74, 6) is 0.434. The second kappa shape index (κ2) is 11.7. The molecule has 1 aromatic heterocycles. The smallest absolute Gasteiger partial charge is 0.319 e. The third-order valence-corrected chi connectivity index (χ3v) is 11.6. The summed E-state index contributed by atoms with van der Waals surface area (Å²) in [6, 6.07) is 14.6. The Morgan fingerprint density at radius 1 is 1.04 bits per heavy atom. The average Bonchev–Trinajstić information content (AvgIpc) is 3.41. The number of hydrogen-bond acceptors (Lipinski definition) is 8. The lowest BCUT2D eigenvalue weighted by Crippen LogP contribution is -2.63. The number of piperazine rings is 1. The Balaban J connectivity index is 1.09. The van der Waals surface area contributed by atoms with Gasteiger partial charge in [0.25, 0.3) is 0 Å². The molecule has 0 amide bonds. The van der Waals surface area contributed by atoms with Crippen LogP contribution in [0.5, 0.6) is 11.8 Å². The molecule has 7 fully saturated rings. The van der Waals surface area contributed by atoms with Crippen molar-refractivity contribution in [2.75, 3.05) is 31.1 Å². The Labute approximate surface area is 279 Å². The van der Waals surface area contributed by atoms with E-state index < -0.39 is 5.82 Å². The molecule has 7 saturated heterocycles. The number of phenolic OH excluding ortho intramolecular Hbond substituents is 1. The maximum absolute atomic E-state index is 17.0. The number of fused-ring (bicyclic) bond motifs is 6. The lowest BCUT2D eigenvalue weighted by molar-refractivity contribution is -0.184. The van der Waals surface area contributed by atoms with E-state index in [1.165, 1.54) is 0 Å². The van der Waals surface area contributed by atoms with Gasteiger partial charge in [-0.15, -0.1) is 0 Å². The lowest BCUT2D eigenvalue weighted by atomic mass is 9.77. The van der Waals surface area contributed by atoms with Crippen LogP contribution < -0.4 is 15.0 Å². The normalized spacial score (nSPS) is 29.1. The molecule has 6 bridgehead atoms. The highest BCUT2D eigenvalue weighted by Crippen LogP contribution is 2.44. The quantitative estimate of drug-likeness (QED) is 0.228. The minimum Gasteiger partial charge on any atom is -0.508 e. The molecule has 10 heteroatoms. The summed E-state index contributed by atoms with van der Waals surface area (Å²) < 4.78 is 29.5. The highest BCUT2D eigenvalue weighted by atomic mass is 35.5. The maximum Gasteiger partial charge on any atom is 0.319 e. The summed E-state index contributed by atoms with van der Waals surface area (Å²) in [4.78, 5) is 14.7. The van der Waals surface area contributed by atoms with Crippen molar-refractivity contribution in [3.05, 3.63) is 53.3 Å². The van der Waals surface area contributed by atoms with Crippen LogP contribution in [0.15, 0.2) is 42.5 Å². The van der Waals surface area contributed by atoms with Crippen molar-refractivity contribution in [3.63, 3.8) is 0 Å². The van der Waals surface area contributed by atoms with Crippen molar-refractivity contribution in [3.8, 4) is 22.9 Å². The fourth-order valence-corrected chi connectivity index (χ4v) is 9.52. The first-order chi connectivity index (χ1) is 22.9. The number of nitrogens with zero attached hydrogens (tertiary/aromatic N) is 4. The predicted octanol–water partition coefficient (Wildman–Crippen LogP) is 6.69. The van der Waals surface area contributed by atoms with E-state index in [-0.39, 0.29) is 39.8 Å². The molecule has 3 atom stereocenters. The fraction of sp³-hybridized carbons (Fsp3) is 0.514. The molecule has 7 aliphatic rings. The summed E-state index contributed by atoms with van der Waals surface area (Å²) in [6.07, 6.45) is 8.65. The number of rotatable bonds is 7. The molecule has 246 valence electrons. The molecule has 7 aliphatic heterocycles. The summed E-state index contributed by atoms with van der Waals surface area (Å²) in [7, 11) is 0. The van der Waals surface area contributed by atoms with Gasteiger partial charge >= 0.3 is 6.01 Å².